The zero-order valence-corrected chi connectivity index (χ0v) is 18.3. The van der Waals surface area contributed by atoms with Crippen molar-refractivity contribution in [3.05, 3.63) is 52.1 Å². The van der Waals surface area contributed by atoms with Crippen LogP contribution in [0.2, 0.25) is 0 Å². The summed E-state index contributed by atoms with van der Waals surface area (Å²) in [7, 11) is 0. The molecule has 33 heavy (non-hydrogen) atoms. The van der Waals surface area contributed by atoms with E-state index in [-0.39, 0.29) is 58.0 Å². The van der Waals surface area contributed by atoms with Gasteiger partial charge in [0, 0.05) is 17.2 Å². The number of nitrogens with one attached hydrogen (secondary N) is 3. The Kier molecular flexibility index (Phi) is 8.62. The van der Waals surface area contributed by atoms with Crippen LogP contribution in [0.1, 0.15) is 28.9 Å². The van der Waals surface area contributed by atoms with Crippen molar-refractivity contribution in [3.63, 3.8) is 0 Å². The average molecular weight is 548 g/mol. The molecule has 13 nitrogen and oxygen atoms in total. The van der Waals surface area contributed by atoms with E-state index in [0.717, 1.165) is 0 Å². The van der Waals surface area contributed by atoms with E-state index >= 15 is 0 Å². The molecule has 0 saturated carbocycles. The molecule has 0 radical (unpaired) electrons. The number of amides is 1. The van der Waals surface area contributed by atoms with Crippen LogP contribution in [0.3, 0.4) is 0 Å². The van der Waals surface area contributed by atoms with E-state index in [9.17, 15) is 24.3 Å². The van der Waals surface area contributed by atoms with Gasteiger partial charge in [0.2, 0.25) is 5.95 Å². The van der Waals surface area contributed by atoms with E-state index in [0.29, 0.717) is 11.4 Å². The van der Waals surface area contributed by atoms with Crippen LogP contribution < -0.4 is 27.0 Å². The minimum Gasteiger partial charge on any atom is -0.550 e. The van der Waals surface area contributed by atoms with Crippen molar-refractivity contribution in [2.24, 2.45) is 0 Å². The van der Waals surface area contributed by atoms with E-state index in [2.05, 4.69) is 30.6 Å². The van der Waals surface area contributed by atoms with Crippen LogP contribution in [0.5, 0.6) is 0 Å². The molecule has 176 valence electrons. The molecule has 1 aromatic carbocycles. The minimum absolute atomic E-state index is 0. The second-order valence-electron chi connectivity index (χ2n) is 6.69. The molecular weight excluding hydrogens is 530 g/mol. The van der Waals surface area contributed by atoms with E-state index in [4.69, 9.17) is 10.8 Å². The molecule has 0 bridgehead atoms. The van der Waals surface area contributed by atoms with Crippen LogP contribution in [0.15, 0.2) is 35.3 Å². The van der Waals surface area contributed by atoms with Gasteiger partial charge < -0.3 is 31.4 Å². The maximum Gasteiger partial charge on any atom is 1.00 e. The zero-order chi connectivity index (χ0) is 23.3. The first kappa shape index (κ1) is 25.5. The Bertz CT molecular complexity index is 1230. The summed E-state index contributed by atoms with van der Waals surface area (Å²) in [6, 6.07) is 4.78. The third-order valence-electron chi connectivity index (χ3n) is 4.35. The molecule has 3 rings (SSSR count). The number of nitrogens with two attached hydrogens (primary N) is 1. The van der Waals surface area contributed by atoms with Crippen LogP contribution in [0.4, 0.5) is 11.6 Å². The van der Waals surface area contributed by atoms with Gasteiger partial charge in [-0.3, -0.25) is 14.6 Å². The molecule has 0 spiro atoms. The number of carboxylic acid groups (broad SMARTS) is 2. The average Bonchev–Trinajstić information content (AvgIpc) is 2.75. The van der Waals surface area contributed by atoms with E-state index in [1.54, 1.807) is 12.1 Å². The standard InChI is InChI=1S/C19H19N7O6.Ag/c20-19-25-15-14(17(30)26-19)23-11(8-22-15)7-21-10-3-1-9(2-4-10)16(29)24-12(18(31)32)5-6-13(27)28;/h1-4,8,12,21H,5-7H2,(H,24,29)(H,27,28)(H,31,32)(H3,20,22,25,26,30);/q;+1/p-1. The maximum atomic E-state index is 12.3. The largest absolute Gasteiger partial charge is 1.00 e. The second-order valence-corrected chi connectivity index (χ2v) is 6.69. The first-order valence-corrected chi connectivity index (χ1v) is 9.32. The van der Waals surface area contributed by atoms with Crippen molar-refractivity contribution in [1.82, 2.24) is 25.3 Å². The van der Waals surface area contributed by atoms with Gasteiger partial charge in [0.1, 0.15) is 6.04 Å². The summed E-state index contributed by atoms with van der Waals surface area (Å²) < 4.78 is 0. The summed E-state index contributed by atoms with van der Waals surface area (Å²) in [4.78, 5) is 60.4. The van der Waals surface area contributed by atoms with Crippen LogP contribution in [-0.4, -0.2) is 48.9 Å². The Balaban J connectivity index is 0.00000385. The fraction of sp³-hybridized carbons (Fsp3) is 0.211. The topological polar surface area (TPSA) is 216 Å². The van der Waals surface area contributed by atoms with Gasteiger partial charge in [-0.1, -0.05) is 0 Å². The van der Waals surface area contributed by atoms with Gasteiger partial charge in [-0.2, -0.15) is 4.98 Å². The number of H-pyrrole nitrogens is 1. The fourth-order valence-electron chi connectivity index (χ4n) is 2.75. The van der Waals surface area contributed by atoms with Gasteiger partial charge in [-0.25, -0.2) is 14.8 Å². The molecule has 1 atom stereocenters. The number of fused-ring (bicyclic) bond motifs is 1. The van der Waals surface area contributed by atoms with Crippen molar-refractivity contribution in [2.45, 2.75) is 25.4 Å². The Morgan fingerprint density at radius 1 is 1.18 bits per heavy atom. The molecule has 0 aliphatic rings. The van der Waals surface area contributed by atoms with Crippen molar-refractivity contribution in [1.29, 1.82) is 0 Å². The molecule has 2 aromatic heterocycles. The predicted octanol–water partition coefficient (Wildman–Crippen LogP) is -1.38. The summed E-state index contributed by atoms with van der Waals surface area (Å²) >= 11 is 0. The quantitative estimate of drug-likeness (QED) is 0.196. The number of aromatic amines is 1. The number of nitrogens with zero attached hydrogens (tertiary/aromatic N) is 3. The molecule has 6 N–H and O–H groups in total. The van der Waals surface area contributed by atoms with Gasteiger partial charge in [0.25, 0.3) is 11.5 Å². The Morgan fingerprint density at radius 2 is 1.88 bits per heavy atom. The molecule has 3 aromatic rings. The number of anilines is 2. The number of carbonyl (C=O) groups is 3. The number of aliphatic carboxylic acids is 2. The Labute approximate surface area is 201 Å². The smallest absolute Gasteiger partial charge is 0.550 e. The van der Waals surface area contributed by atoms with Crippen LogP contribution in [-0.2, 0) is 38.5 Å². The monoisotopic (exact) mass is 547 g/mol. The molecule has 0 fully saturated rings. The third kappa shape index (κ3) is 6.83. The molecule has 0 saturated heterocycles. The van der Waals surface area contributed by atoms with Gasteiger partial charge in [0.05, 0.1) is 18.4 Å². The molecular formula is C19H18AgN7O6. The zero-order valence-electron chi connectivity index (χ0n) is 16.8. The molecule has 0 aliphatic carbocycles. The van der Waals surface area contributed by atoms with E-state index in [1.165, 1.54) is 18.3 Å². The van der Waals surface area contributed by atoms with Crippen LogP contribution in [0, 0.1) is 0 Å². The number of carboxylic acids is 2. The first-order valence-electron chi connectivity index (χ1n) is 9.32. The van der Waals surface area contributed by atoms with Crippen molar-refractivity contribution in [2.75, 3.05) is 11.1 Å². The fourth-order valence-corrected chi connectivity index (χ4v) is 2.75. The predicted molar refractivity (Wildman–Crippen MR) is 109 cm³/mol. The summed E-state index contributed by atoms with van der Waals surface area (Å²) in [6.07, 6.45) is 0.662. The summed E-state index contributed by atoms with van der Waals surface area (Å²) in [5.74, 6) is -3.46. The normalized spacial score (nSPS) is 11.3. The minimum atomic E-state index is -1.40. The molecule has 0 aliphatic heterocycles. The first-order chi connectivity index (χ1) is 15.2. The number of carbonyl (C=O) groups excluding carboxylic acids is 2. The number of nitrogen functional groups attached to an aromatic ring is 1. The maximum absolute atomic E-state index is 12.3. The molecule has 2 heterocycles. The van der Waals surface area contributed by atoms with Crippen LogP contribution in [0.25, 0.3) is 11.2 Å². The van der Waals surface area contributed by atoms with Crippen LogP contribution >= 0.6 is 0 Å². The van der Waals surface area contributed by atoms with Gasteiger partial charge in [-0.15, -0.1) is 0 Å². The SMILES string of the molecule is Nc1nc2ncc(CNc3ccc(C(=O)NC(CCC(=O)[O-])C(=O)O)cc3)nc2c(=O)[nH]1.[Ag+]. The van der Waals surface area contributed by atoms with Gasteiger partial charge in [0.15, 0.2) is 11.2 Å². The van der Waals surface area contributed by atoms with Gasteiger partial charge >= 0.3 is 28.3 Å². The van der Waals surface area contributed by atoms with E-state index in [1.807, 2.05) is 0 Å². The second kappa shape index (κ2) is 11.2. The van der Waals surface area contributed by atoms with Crippen molar-refractivity contribution in [3.8, 4) is 0 Å². The number of hydrogen-bond donors (Lipinski definition) is 5. The van der Waals surface area contributed by atoms with E-state index < -0.39 is 35.9 Å². The third-order valence-corrected chi connectivity index (χ3v) is 4.35. The summed E-state index contributed by atoms with van der Waals surface area (Å²) in [6.45, 7) is 0.225. The molecule has 1 amide bonds. The molecule has 14 heteroatoms. The molecule has 1 unspecified atom stereocenters. The number of hydrogen-bond acceptors (Lipinski definition) is 10. The number of aromatic nitrogens is 4. The number of benzene rings is 1. The Hall–Kier alpha value is -3.81. The van der Waals surface area contributed by atoms with Crippen molar-refractivity contribution < 1.29 is 47.0 Å². The Morgan fingerprint density at radius 3 is 2.52 bits per heavy atom. The van der Waals surface area contributed by atoms with Crippen molar-refractivity contribution >= 4 is 40.6 Å². The summed E-state index contributed by atoms with van der Waals surface area (Å²) in [5, 5.41) is 25.0. The number of rotatable bonds is 9. The van der Waals surface area contributed by atoms with Gasteiger partial charge in [-0.05, 0) is 37.1 Å². The summed E-state index contributed by atoms with van der Waals surface area (Å²) in [5.41, 5.74) is 6.43.